The lowest BCUT2D eigenvalue weighted by Crippen LogP contribution is -2.39. The summed E-state index contributed by atoms with van der Waals surface area (Å²) >= 11 is 0. The van der Waals surface area contributed by atoms with E-state index in [1.54, 1.807) is 24.3 Å². The van der Waals surface area contributed by atoms with E-state index in [2.05, 4.69) is 5.32 Å². The molecule has 0 aromatic heterocycles. The molecule has 2 aliphatic rings. The third kappa shape index (κ3) is 3.80. The Kier molecular flexibility index (Phi) is 4.92. The van der Waals surface area contributed by atoms with Gasteiger partial charge in [-0.05, 0) is 29.8 Å². The molecule has 28 heavy (non-hydrogen) atoms. The molecule has 0 unspecified atom stereocenters. The second-order valence-electron chi connectivity index (χ2n) is 6.40. The van der Waals surface area contributed by atoms with E-state index in [0.717, 1.165) is 5.56 Å². The van der Waals surface area contributed by atoms with Crippen LogP contribution in [-0.4, -0.2) is 38.4 Å². The molecule has 0 aliphatic carbocycles. The molecular formula is C20H20N2O6. The van der Waals surface area contributed by atoms with Gasteiger partial charge in [0.25, 0.3) is 0 Å². The number of hydrogen-bond acceptors (Lipinski definition) is 6. The number of nitrogens with zero attached hydrogens (tertiary/aromatic N) is 1. The van der Waals surface area contributed by atoms with E-state index in [9.17, 15) is 9.59 Å². The summed E-state index contributed by atoms with van der Waals surface area (Å²) in [6.45, 7) is 2.79. The van der Waals surface area contributed by atoms with Crippen molar-refractivity contribution in [1.82, 2.24) is 5.32 Å². The molecule has 8 nitrogen and oxygen atoms in total. The highest BCUT2D eigenvalue weighted by Crippen LogP contribution is 2.34. The number of carbonyl (C=O) groups excluding carboxylic acids is 2. The van der Waals surface area contributed by atoms with E-state index in [0.29, 0.717) is 48.4 Å². The first-order valence-corrected chi connectivity index (χ1v) is 8.93. The van der Waals surface area contributed by atoms with Crippen LogP contribution >= 0.6 is 0 Å². The van der Waals surface area contributed by atoms with Gasteiger partial charge in [-0.15, -0.1) is 0 Å². The first-order valence-electron chi connectivity index (χ1n) is 8.93. The van der Waals surface area contributed by atoms with Crippen LogP contribution in [0.3, 0.4) is 0 Å². The van der Waals surface area contributed by atoms with Gasteiger partial charge < -0.3 is 29.2 Å². The lowest BCUT2D eigenvalue weighted by molar-refractivity contribution is -0.123. The fraction of sp³-hybridized carbons (Fsp3) is 0.300. The summed E-state index contributed by atoms with van der Waals surface area (Å²) in [6.07, 6.45) is 0. The van der Waals surface area contributed by atoms with Gasteiger partial charge >= 0.3 is 0 Å². The van der Waals surface area contributed by atoms with Gasteiger partial charge in [0.1, 0.15) is 19.8 Å². The van der Waals surface area contributed by atoms with E-state index >= 15 is 0 Å². The Labute approximate surface area is 161 Å². The maximum absolute atomic E-state index is 12.4. The number of ether oxygens (including phenoxy) is 4. The fourth-order valence-electron chi connectivity index (χ4n) is 3.04. The zero-order chi connectivity index (χ0) is 19.5. The highest BCUT2D eigenvalue weighted by atomic mass is 16.7. The van der Waals surface area contributed by atoms with Gasteiger partial charge in [-0.3, -0.25) is 9.59 Å². The minimum absolute atomic E-state index is 0.0977. The van der Waals surface area contributed by atoms with Crippen molar-refractivity contribution >= 4 is 17.5 Å². The van der Waals surface area contributed by atoms with Crippen LogP contribution in [0.15, 0.2) is 36.4 Å². The van der Waals surface area contributed by atoms with Gasteiger partial charge in [0, 0.05) is 25.2 Å². The molecule has 2 aromatic carbocycles. The highest BCUT2D eigenvalue weighted by Gasteiger charge is 2.20. The molecule has 2 heterocycles. The van der Waals surface area contributed by atoms with Crippen molar-refractivity contribution in [3.05, 3.63) is 42.0 Å². The summed E-state index contributed by atoms with van der Waals surface area (Å²) in [5, 5.41) is 2.82. The smallest absolute Gasteiger partial charge is 0.240 e. The number of amides is 2. The quantitative estimate of drug-likeness (QED) is 0.847. The Balaban J connectivity index is 1.40. The SMILES string of the molecule is CC(=O)N(CC(=O)NCc1ccc2c(c1)OCO2)c1ccc2c(c1)OCCO2. The van der Waals surface area contributed by atoms with Gasteiger partial charge in [-0.1, -0.05) is 6.07 Å². The highest BCUT2D eigenvalue weighted by molar-refractivity contribution is 5.97. The van der Waals surface area contributed by atoms with Crippen molar-refractivity contribution in [2.75, 3.05) is 31.5 Å². The summed E-state index contributed by atoms with van der Waals surface area (Å²) in [5.74, 6) is 2.03. The lowest BCUT2D eigenvalue weighted by atomic mass is 10.2. The van der Waals surface area contributed by atoms with E-state index in [1.165, 1.54) is 11.8 Å². The summed E-state index contributed by atoms with van der Waals surface area (Å²) in [7, 11) is 0. The minimum Gasteiger partial charge on any atom is -0.486 e. The largest absolute Gasteiger partial charge is 0.486 e. The monoisotopic (exact) mass is 384 g/mol. The van der Waals surface area contributed by atoms with Crippen LogP contribution in [0.1, 0.15) is 12.5 Å². The van der Waals surface area contributed by atoms with E-state index in [-0.39, 0.29) is 25.2 Å². The van der Waals surface area contributed by atoms with E-state index in [4.69, 9.17) is 18.9 Å². The average Bonchev–Trinajstić information content (AvgIpc) is 3.18. The summed E-state index contributed by atoms with van der Waals surface area (Å²) in [5.41, 5.74) is 1.46. The minimum atomic E-state index is -0.275. The molecule has 0 fully saturated rings. The van der Waals surface area contributed by atoms with Crippen molar-refractivity contribution in [2.45, 2.75) is 13.5 Å². The third-order valence-corrected chi connectivity index (χ3v) is 4.45. The number of fused-ring (bicyclic) bond motifs is 2. The Morgan fingerprint density at radius 3 is 2.43 bits per heavy atom. The standard InChI is InChI=1S/C20H20N2O6/c1-13(23)22(15-3-5-16-19(9-15)26-7-6-25-16)11-20(24)21-10-14-2-4-17-18(8-14)28-12-27-17/h2-5,8-9H,6-7,10-12H2,1H3,(H,21,24). The lowest BCUT2D eigenvalue weighted by Gasteiger charge is -2.24. The van der Waals surface area contributed by atoms with Gasteiger partial charge in [0.15, 0.2) is 23.0 Å². The molecule has 4 rings (SSSR count). The predicted octanol–water partition coefficient (Wildman–Crippen LogP) is 1.86. The summed E-state index contributed by atoms with van der Waals surface area (Å²) < 4.78 is 21.7. The second-order valence-corrected chi connectivity index (χ2v) is 6.40. The van der Waals surface area contributed by atoms with Crippen molar-refractivity contribution in [2.24, 2.45) is 0 Å². The number of nitrogens with one attached hydrogen (secondary N) is 1. The van der Waals surface area contributed by atoms with Gasteiger partial charge in [0.2, 0.25) is 18.6 Å². The Morgan fingerprint density at radius 1 is 0.929 bits per heavy atom. The molecule has 0 saturated heterocycles. The van der Waals surface area contributed by atoms with E-state index < -0.39 is 0 Å². The zero-order valence-electron chi connectivity index (χ0n) is 15.4. The maximum atomic E-state index is 12.4. The first-order chi connectivity index (χ1) is 13.6. The topological polar surface area (TPSA) is 86.3 Å². The normalized spacial score (nSPS) is 13.8. The molecular weight excluding hydrogens is 364 g/mol. The van der Waals surface area contributed by atoms with Crippen molar-refractivity contribution in [3.63, 3.8) is 0 Å². The van der Waals surface area contributed by atoms with Crippen LogP contribution in [0.5, 0.6) is 23.0 Å². The van der Waals surface area contributed by atoms with Gasteiger partial charge in [-0.25, -0.2) is 0 Å². The van der Waals surface area contributed by atoms with Crippen molar-refractivity contribution in [3.8, 4) is 23.0 Å². The fourth-order valence-corrected chi connectivity index (χ4v) is 3.04. The van der Waals surface area contributed by atoms with Crippen LogP contribution in [-0.2, 0) is 16.1 Å². The number of rotatable bonds is 5. The third-order valence-electron chi connectivity index (χ3n) is 4.45. The Bertz CT molecular complexity index is 914. The van der Waals surface area contributed by atoms with Gasteiger partial charge in [0.05, 0.1) is 0 Å². The van der Waals surface area contributed by atoms with Crippen LogP contribution in [0.4, 0.5) is 5.69 Å². The van der Waals surface area contributed by atoms with Crippen LogP contribution in [0.2, 0.25) is 0 Å². The molecule has 2 aliphatic heterocycles. The molecule has 146 valence electrons. The molecule has 8 heteroatoms. The Morgan fingerprint density at radius 2 is 1.61 bits per heavy atom. The van der Waals surface area contributed by atoms with Crippen LogP contribution in [0, 0.1) is 0 Å². The predicted molar refractivity (Wildman–Crippen MR) is 99.9 cm³/mol. The number of carbonyl (C=O) groups is 2. The summed E-state index contributed by atoms with van der Waals surface area (Å²) in [4.78, 5) is 25.9. The molecule has 0 spiro atoms. The molecule has 0 bridgehead atoms. The molecule has 2 aromatic rings. The number of hydrogen-bond donors (Lipinski definition) is 1. The molecule has 0 radical (unpaired) electrons. The molecule has 0 atom stereocenters. The van der Waals surface area contributed by atoms with Crippen molar-refractivity contribution < 1.29 is 28.5 Å². The molecule has 2 amide bonds. The second kappa shape index (κ2) is 7.67. The van der Waals surface area contributed by atoms with Crippen LogP contribution < -0.4 is 29.2 Å². The van der Waals surface area contributed by atoms with Crippen LogP contribution in [0.25, 0.3) is 0 Å². The molecule has 0 saturated carbocycles. The zero-order valence-corrected chi connectivity index (χ0v) is 15.4. The maximum Gasteiger partial charge on any atom is 0.240 e. The number of benzene rings is 2. The van der Waals surface area contributed by atoms with Gasteiger partial charge in [-0.2, -0.15) is 0 Å². The van der Waals surface area contributed by atoms with E-state index in [1.807, 2.05) is 12.1 Å². The molecule has 1 N–H and O–H groups in total. The summed E-state index contributed by atoms with van der Waals surface area (Å²) in [6, 6.07) is 10.7. The Hall–Kier alpha value is -3.42. The first kappa shape index (κ1) is 18.0. The van der Waals surface area contributed by atoms with Crippen molar-refractivity contribution in [1.29, 1.82) is 0 Å². The number of anilines is 1. The average molecular weight is 384 g/mol.